The Bertz CT molecular complexity index is 429. The first-order valence-electron chi connectivity index (χ1n) is 7.62. The van der Waals surface area contributed by atoms with Gasteiger partial charge in [-0.2, -0.15) is 5.10 Å². The Labute approximate surface area is 122 Å². The van der Waals surface area contributed by atoms with Gasteiger partial charge in [-0.25, -0.2) is 0 Å². The number of likely N-dealkylation sites (N-methyl/N-ethyl adjacent to an activating group) is 1. The quantitative estimate of drug-likeness (QED) is 0.900. The monoisotopic (exact) mass is 279 g/mol. The van der Waals surface area contributed by atoms with Crippen molar-refractivity contribution in [2.45, 2.75) is 57.6 Å². The number of methoxy groups -OCH3 is 1. The summed E-state index contributed by atoms with van der Waals surface area (Å²) in [4.78, 5) is 0. The van der Waals surface area contributed by atoms with Gasteiger partial charge in [0, 0.05) is 32.8 Å². The molecule has 20 heavy (non-hydrogen) atoms. The lowest BCUT2D eigenvalue weighted by Crippen LogP contribution is -2.54. The molecule has 4 heteroatoms. The minimum atomic E-state index is -0.0538. The minimum Gasteiger partial charge on any atom is -0.377 e. The van der Waals surface area contributed by atoms with Crippen molar-refractivity contribution in [3.63, 3.8) is 0 Å². The zero-order valence-electron chi connectivity index (χ0n) is 13.6. The van der Waals surface area contributed by atoms with Crippen LogP contribution in [0.3, 0.4) is 0 Å². The van der Waals surface area contributed by atoms with Crippen molar-refractivity contribution in [2.24, 2.45) is 12.5 Å². The molecule has 1 aliphatic carbocycles. The van der Waals surface area contributed by atoms with E-state index in [1.165, 1.54) is 12.8 Å². The zero-order valence-corrected chi connectivity index (χ0v) is 13.6. The third-order valence-electron chi connectivity index (χ3n) is 5.02. The van der Waals surface area contributed by atoms with Crippen LogP contribution >= 0.6 is 0 Å². The largest absolute Gasteiger partial charge is 0.377 e. The van der Waals surface area contributed by atoms with Crippen molar-refractivity contribution in [1.82, 2.24) is 15.1 Å². The molecule has 0 radical (unpaired) electrons. The van der Waals surface area contributed by atoms with Crippen LogP contribution < -0.4 is 5.32 Å². The summed E-state index contributed by atoms with van der Waals surface area (Å²) in [5.41, 5.74) is 1.53. The molecule has 114 valence electrons. The number of aromatic nitrogens is 2. The number of hydrogen-bond donors (Lipinski definition) is 1. The van der Waals surface area contributed by atoms with E-state index < -0.39 is 0 Å². The lowest BCUT2D eigenvalue weighted by atomic mass is 9.68. The summed E-state index contributed by atoms with van der Waals surface area (Å²) in [5, 5.41) is 7.98. The maximum Gasteiger partial charge on any atom is 0.0835 e. The van der Waals surface area contributed by atoms with E-state index in [0.717, 1.165) is 25.0 Å². The van der Waals surface area contributed by atoms with Gasteiger partial charge in [0.15, 0.2) is 0 Å². The fourth-order valence-corrected chi connectivity index (χ4v) is 3.38. The molecule has 2 rings (SSSR count). The average molecular weight is 279 g/mol. The lowest BCUT2D eigenvalue weighted by Gasteiger charge is -2.47. The summed E-state index contributed by atoms with van der Waals surface area (Å²) in [6, 6.07) is 2.42. The molecular weight excluding hydrogens is 250 g/mol. The maximum atomic E-state index is 6.01. The molecule has 0 aliphatic heterocycles. The molecule has 1 atom stereocenters. The SMILES string of the molecule is CNC(Cc1ccn(C)n1)C1(OC)CCC(C)(C)CC1. The molecule has 0 saturated heterocycles. The van der Waals surface area contributed by atoms with E-state index in [4.69, 9.17) is 4.74 Å². The Balaban J connectivity index is 2.11. The van der Waals surface area contributed by atoms with Crippen LogP contribution in [0, 0.1) is 5.41 Å². The van der Waals surface area contributed by atoms with Gasteiger partial charge in [-0.15, -0.1) is 0 Å². The third-order valence-corrected chi connectivity index (χ3v) is 5.02. The van der Waals surface area contributed by atoms with Crippen LogP contribution in [-0.4, -0.2) is 35.6 Å². The van der Waals surface area contributed by atoms with E-state index in [0.29, 0.717) is 11.5 Å². The van der Waals surface area contributed by atoms with Gasteiger partial charge >= 0.3 is 0 Å². The number of rotatable bonds is 5. The van der Waals surface area contributed by atoms with Crippen LogP contribution in [0.25, 0.3) is 0 Å². The predicted molar refractivity (Wildman–Crippen MR) is 81.7 cm³/mol. The second-order valence-corrected chi connectivity index (χ2v) is 6.96. The molecule has 1 aromatic heterocycles. The van der Waals surface area contributed by atoms with Gasteiger partial charge in [-0.3, -0.25) is 4.68 Å². The molecule has 1 unspecified atom stereocenters. The van der Waals surface area contributed by atoms with Gasteiger partial charge in [0.1, 0.15) is 0 Å². The van der Waals surface area contributed by atoms with E-state index in [1.54, 1.807) is 0 Å². The molecule has 1 fully saturated rings. The van der Waals surface area contributed by atoms with Crippen molar-refractivity contribution in [3.8, 4) is 0 Å². The van der Waals surface area contributed by atoms with Crippen molar-refractivity contribution in [3.05, 3.63) is 18.0 Å². The van der Waals surface area contributed by atoms with Crippen molar-refractivity contribution in [1.29, 1.82) is 0 Å². The topological polar surface area (TPSA) is 39.1 Å². The molecule has 0 amide bonds. The van der Waals surface area contributed by atoms with E-state index >= 15 is 0 Å². The van der Waals surface area contributed by atoms with Gasteiger partial charge < -0.3 is 10.1 Å². The Morgan fingerprint density at radius 2 is 2.00 bits per heavy atom. The molecule has 1 saturated carbocycles. The first-order chi connectivity index (χ1) is 9.41. The molecule has 0 bridgehead atoms. The van der Waals surface area contributed by atoms with Gasteiger partial charge in [0.05, 0.1) is 11.3 Å². The molecule has 1 N–H and O–H groups in total. The summed E-state index contributed by atoms with van der Waals surface area (Å²) in [5.74, 6) is 0. The van der Waals surface area contributed by atoms with E-state index in [-0.39, 0.29) is 5.60 Å². The molecule has 0 spiro atoms. The number of nitrogens with one attached hydrogen (secondary N) is 1. The smallest absolute Gasteiger partial charge is 0.0835 e. The van der Waals surface area contributed by atoms with Crippen LogP contribution in [0.15, 0.2) is 12.3 Å². The van der Waals surface area contributed by atoms with Crippen LogP contribution in [0.4, 0.5) is 0 Å². The second kappa shape index (κ2) is 5.86. The van der Waals surface area contributed by atoms with Crippen molar-refractivity contribution in [2.75, 3.05) is 14.2 Å². The van der Waals surface area contributed by atoms with Gasteiger partial charge in [0.25, 0.3) is 0 Å². The average Bonchev–Trinajstić information content (AvgIpc) is 2.83. The highest BCUT2D eigenvalue weighted by Crippen LogP contribution is 2.43. The molecule has 1 aromatic rings. The Hall–Kier alpha value is -0.870. The molecule has 4 nitrogen and oxygen atoms in total. The lowest BCUT2D eigenvalue weighted by molar-refractivity contribution is -0.0849. The highest BCUT2D eigenvalue weighted by molar-refractivity contribution is 5.07. The van der Waals surface area contributed by atoms with Crippen LogP contribution in [-0.2, 0) is 18.2 Å². The summed E-state index contributed by atoms with van der Waals surface area (Å²) in [6.07, 6.45) is 7.61. The van der Waals surface area contributed by atoms with Crippen LogP contribution in [0.5, 0.6) is 0 Å². The molecule has 1 heterocycles. The normalized spacial score (nSPS) is 22.6. The highest BCUT2D eigenvalue weighted by Gasteiger charge is 2.43. The first-order valence-corrected chi connectivity index (χ1v) is 7.62. The number of aryl methyl sites for hydroxylation is 1. The molecular formula is C16H29N3O. The van der Waals surface area contributed by atoms with Crippen molar-refractivity contribution >= 4 is 0 Å². The van der Waals surface area contributed by atoms with Crippen LogP contribution in [0.1, 0.15) is 45.2 Å². The third kappa shape index (κ3) is 3.23. The number of hydrogen-bond acceptors (Lipinski definition) is 3. The van der Waals surface area contributed by atoms with Crippen molar-refractivity contribution < 1.29 is 4.74 Å². The first kappa shape index (κ1) is 15.5. The number of nitrogens with zero attached hydrogens (tertiary/aromatic N) is 2. The fourth-order valence-electron chi connectivity index (χ4n) is 3.38. The number of ether oxygens (including phenoxy) is 1. The van der Waals surface area contributed by atoms with Gasteiger partial charge in [0.2, 0.25) is 0 Å². The van der Waals surface area contributed by atoms with E-state index in [2.05, 4.69) is 30.3 Å². The standard InChI is InChI=1S/C16H29N3O/c1-15(2)7-9-16(20-5,10-8-15)14(17-3)12-13-6-11-19(4)18-13/h6,11,14,17H,7-10,12H2,1-5H3. The Kier molecular flexibility index (Phi) is 4.55. The van der Waals surface area contributed by atoms with E-state index in [1.807, 2.05) is 32.1 Å². The fraction of sp³-hybridized carbons (Fsp3) is 0.812. The van der Waals surface area contributed by atoms with E-state index in [9.17, 15) is 0 Å². The Morgan fingerprint density at radius 3 is 2.45 bits per heavy atom. The summed E-state index contributed by atoms with van der Waals surface area (Å²) in [7, 11) is 5.86. The predicted octanol–water partition coefficient (Wildman–Crippen LogP) is 2.54. The summed E-state index contributed by atoms with van der Waals surface area (Å²) >= 11 is 0. The van der Waals surface area contributed by atoms with Gasteiger partial charge in [-0.05, 0) is 44.2 Å². The zero-order chi connectivity index (χ0) is 14.8. The summed E-state index contributed by atoms with van der Waals surface area (Å²) < 4.78 is 7.87. The maximum absolute atomic E-state index is 6.01. The van der Waals surface area contributed by atoms with Gasteiger partial charge in [-0.1, -0.05) is 13.8 Å². The summed E-state index contributed by atoms with van der Waals surface area (Å²) in [6.45, 7) is 4.72. The minimum absolute atomic E-state index is 0.0538. The molecule has 1 aliphatic rings. The second-order valence-electron chi connectivity index (χ2n) is 6.96. The Morgan fingerprint density at radius 1 is 1.35 bits per heavy atom. The molecule has 0 aromatic carbocycles. The highest BCUT2D eigenvalue weighted by atomic mass is 16.5. The van der Waals surface area contributed by atoms with Crippen LogP contribution in [0.2, 0.25) is 0 Å².